The summed E-state index contributed by atoms with van der Waals surface area (Å²) >= 11 is 0. The fourth-order valence-electron chi connectivity index (χ4n) is 4.36. The van der Waals surface area contributed by atoms with E-state index in [0.717, 1.165) is 60.4 Å². The molecule has 1 aromatic heterocycles. The van der Waals surface area contributed by atoms with Crippen LogP contribution >= 0.6 is 0 Å². The summed E-state index contributed by atoms with van der Waals surface area (Å²) in [5.41, 5.74) is 3.97. The van der Waals surface area contributed by atoms with Gasteiger partial charge in [-0.2, -0.15) is 0 Å². The molecule has 1 heterocycles. The predicted octanol–water partition coefficient (Wildman–Crippen LogP) is 6.68. The van der Waals surface area contributed by atoms with Crippen molar-refractivity contribution in [1.29, 1.82) is 0 Å². The van der Waals surface area contributed by atoms with E-state index in [1.807, 2.05) is 71.3 Å². The largest absolute Gasteiger partial charge is 0.491 e. The molecular formula is C34H39N3O4S. The van der Waals surface area contributed by atoms with E-state index in [1.165, 1.54) is 0 Å². The Morgan fingerprint density at radius 1 is 0.929 bits per heavy atom. The topological polar surface area (TPSA) is 83.3 Å². The number of hydrogen-bond acceptors (Lipinski definition) is 6. The fourth-order valence-corrected chi connectivity index (χ4v) is 5.42. The first-order chi connectivity index (χ1) is 20.6. The number of ketones is 1. The van der Waals surface area contributed by atoms with Gasteiger partial charge in [0.15, 0.2) is 5.78 Å². The summed E-state index contributed by atoms with van der Waals surface area (Å²) in [6.07, 6.45) is 8.57. The van der Waals surface area contributed by atoms with Crippen molar-refractivity contribution in [3.8, 4) is 16.9 Å². The molecule has 42 heavy (non-hydrogen) atoms. The highest BCUT2D eigenvalue weighted by atomic mass is 32.2. The number of nitrogens with zero attached hydrogens (tertiary/aromatic N) is 3. The van der Waals surface area contributed by atoms with Gasteiger partial charge in [-0.15, -0.1) is 10.2 Å². The van der Waals surface area contributed by atoms with Crippen molar-refractivity contribution in [2.24, 2.45) is 0 Å². The zero-order valence-electron chi connectivity index (χ0n) is 24.4. The lowest BCUT2D eigenvalue weighted by molar-refractivity contribution is -0.113. The standard InChI is InChI=1S/C34H39N3O4S/c1-3-5-20-40-21-22-41-32-15-12-29(13-16-32)30-8-6-7-27(23-30)9-14-31(38)24-28-10-17-33(18-11-28)42(39)25-34-36-35-26-37(34)19-4-2/h6-18,23,26H,3-5,19-22,24-25H2,1-2H3/b14-9+/t42-/m1/s1. The minimum atomic E-state index is -1.23. The molecule has 3 aromatic carbocycles. The Bertz CT molecular complexity index is 1460. The lowest BCUT2D eigenvalue weighted by atomic mass is 10.0. The van der Waals surface area contributed by atoms with Crippen LogP contribution in [0.15, 0.2) is 90.1 Å². The van der Waals surface area contributed by atoms with Gasteiger partial charge >= 0.3 is 0 Å². The van der Waals surface area contributed by atoms with Crippen molar-refractivity contribution in [2.45, 2.75) is 56.7 Å². The Labute approximate surface area is 251 Å². The zero-order chi connectivity index (χ0) is 29.6. The third-order valence-electron chi connectivity index (χ3n) is 6.66. The molecule has 1 atom stereocenters. The smallest absolute Gasteiger partial charge is 0.160 e. The molecule has 0 spiro atoms. The molecule has 0 saturated heterocycles. The Morgan fingerprint density at radius 3 is 2.50 bits per heavy atom. The molecule has 0 bridgehead atoms. The Morgan fingerprint density at radius 2 is 1.74 bits per heavy atom. The van der Waals surface area contributed by atoms with Crippen LogP contribution in [0.2, 0.25) is 0 Å². The first-order valence-corrected chi connectivity index (χ1v) is 15.8. The minimum absolute atomic E-state index is 0.00196. The van der Waals surface area contributed by atoms with Crippen LogP contribution in [0, 0.1) is 0 Å². The molecule has 0 N–H and O–H groups in total. The van der Waals surface area contributed by atoms with Gasteiger partial charge in [-0.25, -0.2) is 0 Å². The molecule has 0 aliphatic rings. The van der Waals surface area contributed by atoms with E-state index in [4.69, 9.17) is 9.47 Å². The maximum atomic E-state index is 12.8. The zero-order valence-corrected chi connectivity index (χ0v) is 25.2. The molecule has 0 fully saturated rings. The van der Waals surface area contributed by atoms with Crippen molar-refractivity contribution in [1.82, 2.24) is 14.8 Å². The summed E-state index contributed by atoms with van der Waals surface area (Å²) in [5, 5.41) is 8.05. The monoisotopic (exact) mass is 585 g/mol. The number of hydrogen-bond donors (Lipinski definition) is 0. The summed E-state index contributed by atoms with van der Waals surface area (Å²) in [7, 11) is -1.23. The Balaban J connectivity index is 1.27. The summed E-state index contributed by atoms with van der Waals surface area (Å²) in [6, 6.07) is 23.5. The number of aromatic nitrogens is 3. The van der Waals surface area contributed by atoms with Crippen molar-refractivity contribution in [3.63, 3.8) is 0 Å². The number of benzene rings is 3. The molecule has 0 aliphatic heterocycles. The van der Waals surface area contributed by atoms with E-state index in [2.05, 4.69) is 36.2 Å². The number of aryl methyl sites for hydroxylation is 1. The average Bonchev–Trinajstić information content (AvgIpc) is 3.45. The summed E-state index contributed by atoms with van der Waals surface area (Å²) in [5.74, 6) is 1.85. The highest BCUT2D eigenvalue weighted by molar-refractivity contribution is 7.84. The molecule has 4 rings (SSSR count). The molecule has 0 unspecified atom stereocenters. The number of rotatable bonds is 17. The van der Waals surface area contributed by atoms with E-state index in [0.29, 0.717) is 29.7 Å². The maximum absolute atomic E-state index is 12.8. The van der Waals surface area contributed by atoms with Gasteiger partial charge in [0.1, 0.15) is 24.5 Å². The van der Waals surface area contributed by atoms with Gasteiger partial charge in [0.05, 0.1) is 23.2 Å². The van der Waals surface area contributed by atoms with E-state index in [-0.39, 0.29) is 12.2 Å². The van der Waals surface area contributed by atoms with Crippen LogP contribution in [-0.2, 0) is 39.0 Å². The van der Waals surface area contributed by atoms with Gasteiger partial charge in [-0.05, 0) is 71.5 Å². The number of carbonyl (C=O) groups is 1. The fraction of sp³-hybridized carbons (Fsp3) is 0.324. The quantitative estimate of drug-likeness (QED) is 0.102. The lowest BCUT2D eigenvalue weighted by Crippen LogP contribution is -2.07. The first-order valence-electron chi connectivity index (χ1n) is 14.5. The highest BCUT2D eigenvalue weighted by Gasteiger charge is 2.11. The van der Waals surface area contributed by atoms with Gasteiger partial charge in [-0.3, -0.25) is 9.00 Å². The predicted molar refractivity (Wildman–Crippen MR) is 168 cm³/mol. The maximum Gasteiger partial charge on any atom is 0.160 e. The molecular weight excluding hydrogens is 546 g/mol. The number of ether oxygens (including phenoxy) is 2. The van der Waals surface area contributed by atoms with Crippen LogP contribution in [0.3, 0.4) is 0 Å². The van der Waals surface area contributed by atoms with Crippen LogP contribution in [0.1, 0.15) is 50.1 Å². The third-order valence-corrected chi connectivity index (χ3v) is 7.98. The van der Waals surface area contributed by atoms with Gasteiger partial charge in [0.25, 0.3) is 0 Å². The number of allylic oxidation sites excluding steroid dienone is 1. The van der Waals surface area contributed by atoms with E-state index in [1.54, 1.807) is 12.4 Å². The van der Waals surface area contributed by atoms with E-state index < -0.39 is 10.8 Å². The van der Waals surface area contributed by atoms with E-state index in [9.17, 15) is 9.00 Å². The molecule has 7 nitrogen and oxygen atoms in total. The highest BCUT2D eigenvalue weighted by Crippen LogP contribution is 2.24. The average molecular weight is 586 g/mol. The third kappa shape index (κ3) is 9.60. The van der Waals surface area contributed by atoms with Gasteiger partial charge in [-0.1, -0.05) is 68.8 Å². The minimum Gasteiger partial charge on any atom is -0.491 e. The second-order valence-corrected chi connectivity index (χ2v) is 11.5. The van der Waals surface area contributed by atoms with Crippen LogP contribution in [0.4, 0.5) is 0 Å². The number of carbonyl (C=O) groups excluding carboxylic acids is 1. The van der Waals surface area contributed by atoms with Gasteiger partial charge < -0.3 is 14.0 Å². The first kappa shape index (κ1) is 31.1. The molecule has 0 aliphatic carbocycles. The molecule has 8 heteroatoms. The normalized spacial score (nSPS) is 12.0. The van der Waals surface area contributed by atoms with E-state index >= 15 is 0 Å². The van der Waals surface area contributed by atoms with Crippen LogP contribution in [0.5, 0.6) is 5.75 Å². The van der Waals surface area contributed by atoms with Crippen molar-refractivity contribution >= 4 is 22.7 Å². The van der Waals surface area contributed by atoms with Gasteiger partial charge in [0.2, 0.25) is 0 Å². The van der Waals surface area contributed by atoms with Crippen molar-refractivity contribution in [2.75, 3.05) is 19.8 Å². The van der Waals surface area contributed by atoms with Gasteiger partial charge in [0, 0.05) is 24.5 Å². The molecule has 0 saturated carbocycles. The van der Waals surface area contributed by atoms with Crippen LogP contribution in [0.25, 0.3) is 17.2 Å². The summed E-state index contributed by atoms with van der Waals surface area (Å²) in [4.78, 5) is 13.4. The molecule has 4 aromatic rings. The summed E-state index contributed by atoms with van der Waals surface area (Å²) < 4.78 is 26.1. The van der Waals surface area contributed by atoms with Crippen LogP contribution < -0.4 is 4.74 Å². The lowest BCUT2D eigenvalue weighted by Gasteiger charge is -2.08. The van der Waals surface area contributed by atoms with Crippen LogP contribution in [-0.4, -0.2) is 44.6 Å². The molecule has 0 amide bonds. The molecule has 220 valence electrons. The number of unbranched alkanes of at least 4 members (excludes halogenated alkanes) is 1. The molecule has 0 radical (unpaired) electrons. The summed E-state index contributed by atoms with van der Waals surface area (Å²) in [6.45, 7) is 6.93. The van der Waals surface area contributed by atoms with Crippen molar-refractivity contribution in [3.05, 3.63) is 102 Å². The second-order valence-electron chi connectivity index (χ2n) is 10.0. The SMILES string of the molecule is CCCCOCCOc1ccc(-c2cccc(/C=C/C(=O)Cc3ccc([S@](=O)Cc4nncn4CCC)cc3)c2)cc1. The Hall–Kier alpha value is -3.88. The Kier molecular flexibility index (Phi) is 12.2. The second kappa shape index (κ2) is 16.5. The van der Waals surface area contributed by atoms with Crippen molar-refractivity contribution < 1.29 is 18.5 Å².